The fourth-order valence-electron chi connectivity index (χ4n) is 2.38. The molecule has 1 aromatic heterocycles. The molecule has 0 aliphatic carbocycles. The molecule has 2 heterocycles. The molecule has 0 amide bonds. The molecule has 0 saturated heterocycles. The number of ether oxygens (including phenoxy) is 1. The maximum absolute atomic E-state index is 5.78. The van der Waals surface area contributed by atoms with Gasteiger partial charge in [-0.15, -0.1) is 5.10 Å². The van der Waals surface area contributed by atoms with E-state index in [1.165, 1.54) is 5.56 Å². The average molecular weight is 272 g/mol. The summed E-state index contributed by atoms with van der Waals surface area (Å²) < 4.78 is 7.68. The molecule has 1 aliphatic rings. The van der Waals surface area contributed by atoms with Crippen LogP contribution in [0.1, 0.15) is 31.1 Å². The summed E-state index contributed by atoms with van der Waals surface area (Å²) in [5, 5.41) is 8.41. The van der Waals surface area contributed by atoms with Crippen LogP contribution in [0.3, 0.4) is 0 Å². The number of para-hydroxylation sites is 1. The van der Waals surface area contributed by atoms with E-state index < -0.39 is 0 Å². The monoisotopic (exact) mass is 272 g/mol. The summed E-state index contributed by atoms with van der Waals surface area (Å²) in [4.78, 5) is 2.35. The van der Waals surface area contributed by atoms with Gasteiger partial charge < -0.3 is 4.74 Å². The van der Waals surface area contributed by atoms with Gasteiger partial charge in [0.2, 0.25) is 0 Å². The first-order valence-corrected chi connectivity index (χ1v) is 7.06. The highest BCUT2D eigenvalue weighted by Gasteiger charge is 2.16. The van der Waals surface area contributed by atoms with E-state index in [0.29, 0.717) is 6.04 Å². The van der Waals surface area contributed by atoms with Gasteiger partial charge in [0.05, 0.1) is 11.9 Å². The quantitative estimate of drug-likeness (QED) is 0.859. The minimum atomic E-state index is 0.351. The third kappa shape index (κ3) is 2.82. The second-order valence-electron chi connectivity index (χ2n) is 5.45. The highest BCUT2D eigenvalue weighted by Crippen LogP contribution is 2.23. The van der Waals surface area contributed by atoms with E-state index in [1.54, 1.807) is 0 Å². The van der Waals surface area contributed by atoms with Crippen LogP contribution in [-0.2, 0) is 13.1 Å². The van der Waals surface area contributed by atoms with Gasteiger partial charge in [-0.1, -0.05) is 23.4 Å². The lowest BCUT2D eigenvalue weighted by Gasteiger charge is -2.17. The highest BCUT2D eigenvalue weighted by molar-refractivity contribution is 5.33. The SMILES string of the molecule is CC(C)n1cc(CN2CCOc3ccccc3C2)nn1. The van der Waals surface area contributed by atoms with E-state index in [0.717, 1.165) is 37.7 Å². The van der Waals surface area contributed by atoms with Crippen molar-refractivity contribution >= 4 is 0 Å². The Morgan fingerprint density at radius 2 is 2.15 bits per heavy atom. The van der Waals surface area contributed by atoms with E-state index in [4.69, 9.17) is 4.74 Å². The van der Waals surface area contributed by atoms with Gasteiger partial charge in [0, 0.05) is 31.2 Å². The lowest BCUT2D eigenvalue weighted by molar-refractivity contribution is 0.217. The van der Waals surface area contributed by atoms with Crippen LogP contribution in [0.4, 0.5) is 0 Å². The molecule has 106 valence electrons. The highest BCUT2D eigenvalue weighted by atomic mass is 16.5. The zero-order valence-corrected chi connectivity index (χ0v) is 12.0. The Balaban J connectivity index is 1.71. The van der Waals surface area contributed by atoms with Crippen molar-refractivity contribution in [3.63, 3.8) is 0 Å². The fraction of sp³-hybridized carbons (Fsp3) is 0.467. The van der Waals surface area contributed by atoms with Crippen LogP contribution in [0.15, 0.2) is 30.5 Å². The first-order valence-electron chi connectivity index (χ1n) is 7.06. The van der Waals surface area contributed by atoms with Crippen LogP contribution in [0, 0.1) is 0 Å². The van der Waals surface area contributed by atoms with Crippen LogP contribution in [-0.4, -0.2) is 33.0 Å². The molecule has 0 radical (unpaired) electrons. The summed E-state index contributed by atoms with van der Waals surface area (Å²) in [6, 6.07) is 8.58. The topological polar surface area (TPSA) is 43.2 Å². The molecule has 0 N–H and O–H groups in total. The third-order valence-corrected chi connectivity index (χ3v) is 3.50. The van der Waals surface area contributed by atoms with Crippen LogP contribution in [0.5, 0.6) is 5.75 Å². The number of fused-ring (bicyclic) bond motifs is 1. The predicted molar refractivity (Wildman–Crippen MR) is 76.5 cm³/mol. The standard InChI is InChI=1S/C15H20N4O/c1-12(2)19-11-14(16-17-19)10-18-7-8-20-15-6-4-3-5-13(15)9-18/h3-6,11-12H,7-10H2,1-2H3. The van der Waals surface area contributed by atoms with Gasteiger partial charge in [-0.05, 0) is 19.9 Å². The van der Waals surface area contributed by atoms with Crippen LogP contribution in [0.25, 0.3) is 0 Å². The summed E-state index contributed by atoms with van der Waals surface area (Å²) in [7, 11) is 0. The Hall–Kier alpha value is -1.88. The summed E-state index contributed by atoms with van der Waals surface area (Å²) in [5.74, 6) is 1.00. The molecule has 1 aromatic carbocycles. The van der Waals surface area contributed by atoms with Gasteiger partial charge in [-0.2, -0.15) is 0 Å². The molecular formula is C15H20N4O. The molecule has 0 bridgehead atoms. The predicted octanol–water partition coefficient (Wildman–Crippen LogP) is 2.25. The van der Waals surface area contributed by atoms with Gasteiger partial charge in [0.25, 0.3) is 0 Å². The summed E-state index contributed by atoms with van der Waals surface area (Å²) in [6.07, 6.45) is 2.03. The molecule has 5 nitrogen and oxygen atoms in total. The van der Waals surface area contributed by atoms with Crippen molar-refractivity contribution in [2.45, 2.75) is 33.0 Å². The number of rotatable bonds is 3. The summed E-state index contributed by atoms with van der Waals surface area (Å²) >= 11 is 0. The summed E-state index contributed by atoms with van der Waals surface area (Å²) in [5.41, 5.74) is 2.25. The third-order valence-electron chi connectivity index (χ3n) is 3.50. The smallest absolute Gasteiger partial charge is 0.123 e. The number of hydrogen-bond donors (Lipinski definition) is 0. The lowest BCUT2D eigenvalue weighted by Crippen LogP contribution is -2.25. The zero-order valence-electron chi connectivity index (χ0n) is 12.0. The van der Waals surface area contributed by atoms with Crippen molar-refractivity contribution in [2.24, 2.45) is 0 Å². The van der Waals surface area contributed by atoms with Gasteiger partial charge in [-0.25, -0.2) is 4.68 Å². The van der Waals surface area contributed by atoms with Crippen molar-refractivity contribution in [2.75, 3.05) is 13.2 Å². The van der Waals surface area contributed by atoms with Crippen LogP contribution >= 0.6 is 0 Å². The normalized spacial score (nSPS) is 15.8. The van der Waals surface area contributed by atoms with Crippen LogP contribution < -0.4 is 4.74 Å². The van der Waals surface area contributed by atoms with Crippen molar-refractivity contribution in [1.29, 1.82) is 0 Å². The largest absolute Gasteiger partial charge is 0.492 e. The minimum absolute atomic E-state index is 0.351. The molecule has 0 unspecified atom stereocenters. The lowest BCUT2D eigenvalue weighted by atomic mass is 10.2. The molecule has 3 rings (SSSR count). The number of hydrogen-bond acceptors (Lipinski definition) is 4. The molecule has 0 fully saturated rings. The van der Waals surface area contributed by atoms with Crippen molar-refractivity contribution in [1.82, 2.24) is 19.9 Å². The molecule has 20 heavy (non-hydrogen) atoms. The maximum atomic E-state index is 5.78. The maximum Gasteiger partial charge on any atom is 0.123 e. The second kappa shape index (κ2) is 5.63. The van der Waals surface area contributed by atoms with E-state index in [2.05, 4.69) is 41.2 Å². The Labute approximate surface area is 119 Å². The Kier molecular flexibility index (Phi) is 3.69. The van der Waals surface area contributed by atoms with Crippen molar-refractivity contribution in [3.05, 3.63) is 41.7 Å². The number of benzene rings is 1. The van der Waals surface area contributed by atoms with E-state index in [9.17, 15) is 0 Å². The molecule has 0 spiro atoms. The van der Waals surface area contributed by atoms with Crippen molar-refractivity contribution in [3.8, 4) is 5.75 Å². The van der Waals surface area contributed by atoms with Gasteiger partial charge in [0.1, 0.15) is 12.4 Å². The average Bonchev–Trinajstić information content (AvgIpc) is 2.80. The van der Waals surface area contributed by atoms with E-state index in [1.807, 2.05) is 23.0 Å². The molecule has 0 saturated carbocycles. The first-order chi connectivity index (χ1) is 9.72. The zero-order chi connectivity index (χ0) is 13.9. The molecular weight excluding hydrogens is 252 g/mol. The number of nitrogens with zero attached hydrogens (tertiary/aromatic N) is 4. The van der Waals surface area contributed by atoms with Crippen molar-refractivity contribution < 1.29 is 4.74 Å². The molecule has 1 aliphatic heterocycles. The first kappa shape index (κ1) is 13.1. The van der Waals surface area contributed by atoms with Gasteiger partial charge in [-0.3, -0.25) is 4.90 Å². The van der Waals surface area contributed by atoms with Crippen LogP contribution in [0.2, 0.25) is 0 Å². The Bertz CT molecular complexity index is 579. The second-order valence-corrected chi connectivity index (χ2v) is 5.45. The minimum Gasteiger partial charge on any atom is -0.492 e. The molecule has 5 heteroatoms. The summed E-state index contributed by atoms with van der Waals surface area (Å²) in [6.45, 7) is 7.54. The Morgan fingerprint density at radius 3 is 2.95 bits per heavy atom. The van der Waals surface area contributed by atoms with Gasteiger partial charge >= 0.3 is 0 Å². The molecule has 0 atom stereocenters. The van der Waals surface area contributed by atoms with Gasteiger partial charge in [0.15, 0.2) is 0 Å². The number of aromatic nitrogens is 3. The van der Waals surface area contributed by atoms with E-state index in [-0.39, 0.29) is 0 Å². The fourth-order valence-corrected chi connectivity index (χ4v) is 2.38. The Morgan fingerprint density at radius 1 is 1.30 bits per heavy atom. The van der Waals surface area contributed by atoms with E-state index >= 15 is 0 Å². The molecule has 2 aromatic rings.